The van der Waals surface area contributed by atoms with E-state index in [4.69, 9.17) is 4.52 Å². The fourth-order valence-electron chi connectivity index (χ4n) is 3.94. The zero-order valence-corrected chi connectivity index (χ0v) is 17.7. The van der Waals surface area contributed by atoms with Crippen molar-refractivity contribution in [3.63, 3.8) is 0 Å². The van der Waals surface area contributed by atoms with Crippen LogP contribution in [0.5, 0.6) is 0 Å². The SMILES string of the molecule is Cc1cccnc1NP(=O)(OC1CC(C)CCC1C(C)C)c1ccccc1. The number of hydrogen-bond acceptors (Lipinski definition) is 3. The molecule has 1 N–H and O–H groups in total. The minimum Gasteiger partial charge on any atom is -0.306 e. The highest BCUT2D eigenvalue weighted by atomic mass is 31.2. The van der Waals surface area contributed by atoms with Crippen LogP contribution in [0.1, 0.15) is 45.6 Å². The maximum absolute atomic E-state index is 14.1. The molecule has 1 aromatic carbocycles. The van der Waals surface area contributed by atoms with E-state index in [2.05, 4.69) is 30.8 Å². The van der Waals surface area contributed by atoms with Crippen molar-refractivity contribution < 1.29 is 9.09 Å². The summed E-state index contributed by atoms with van der Waals surface area (Å²) >= 11 is 0. The van der Waals surface area contributed by atoms with Crippen LogP contribution in [0.4, 0.5) is 5.82 Å². The Hall–Kier alpha value is -1.64. The molecule has 0 aliphatic heterocycles. The van der Waals surface area contributed by atoms with Gasteiger partial charge in [0.2, 0.25) is 0 Å². The summed E-state index contributed by atoms with van der Waals surface area (Å²) in [6.07, 6.45) is 4.98. The zero-order valence-electron chi connectivity index (χ0n) is 16.8. The first-order valence-electron chi connectivity index (χ1n) is 9.93. The topological polar surface area (TPSA) is 51.2 Å². The van der Waals surface area contributed by atoms with Gasteiger partial charge in [-0.1, -0.05) is 51.5 Å². The van der Waals surface area contributed by atoms with E-state index in [9.17, 15) is 4.57 Å². The highest BCUT2D eigenvalue weighted by Crippen LogP contribution is 2.51. The Balaban J connectivity index is 1.95. The number of anilines is 1. The molecule has 1 aromatic heterocycles. The van der Waals surface area contributed by atoms with Crippen LogP contribution in [-0.4, -0.2) is 11.1 Å². The van der Waals surface area contributed by atoms with E-state index < -0.39 is 7.52 Å². The van der Waals surface area contributed by atoms with Gasteiger partial charge in [0, 0.05) is 6.20 Å². The van der Waals surface area contributed by atoms with Gasteiger partial charge in [-0.25, -0.2) is 4.98 Å². The lowest BCUT2D eigenvalue weighted by Crippen LogP contribution is -2.35. The molecule has 0 saturated heterocycles. The molecule has 4 unspecified atom stereocenters. The standard InChI is InChI=1S/C22H31N2O2P/c1-16(2)20-13-12-17(3)15-21(20)26-27(25,19-10-6-5-7-11-19)24-22-18(4)9-8-14-23-22/h5-11,14,16-17,20-21H,12-13,15H2,1-4H3,(H,23,24,25). The summed E-state index contributed by atoms with van der Waals surface area (Å²) in [6.45, 7) is 8.70. The van der Waals surface area contributed by atoms with Gasteiger partial charge >= 0.3 is 7.52 Å². The molecule has 4 atom stereocenters. The van der Waals surface area contributed by atoms with Crippen LogP contribution < -0.4 is 10.4 Å². The molecule has 0 spiro atoms. The van der Waals surface area contributed by atoms with Crippen LogP contribution in [0, 0.1) is 24.7 Å². The third-order valence-electron chi connectivity index (χ3n) is 5.60. The molecule has 1 saturated carbocycles. The average Bonchev–Trinajstić information content (AvgIpc) is 2.64. The summed E-state index contributed by atoms with van der Waals surface area (Å²) in [5, 5.41) is 3.87. The summed E-state index contributed by atoms with van der Waals surface area (Å²) in [5.41, 5.74) is 0.953. The van der Waals surface area contributed by atoms with Gasteiger partial charge in [0.25, 0.3) is 0 Å². The lowest BCUT2D eigenvalue weighted by molar-refractivity contribution is 0.0505. The first-order chi connectivity index (χ1) is 12.9. The highest BCUT2D eigenvalue weighted by molar-refractivity contribution is 7.68. The van der Waals surface area contributed by atoms with Gasteiger partial charge in [0.15, 0.2) is 0 Å². The van der Waals surface area contributed by atoms with Crippen molar-refractivity contribution >= 4 is 18.6 Å². The molecule has 5 heteroatoms. The first kappa shape index (κ1) is 20.1. The van der Waals surface area contributed by atoms with Crippen molar-refractivity contribution in [2.24, 2.45) is 17.8 Å². The van der Waals surface area contributed by atoms with Gasteiger partial charge < -0.3 is 4.52 Å². The van der Waals surface area contributed by atoms with Crippen LogP contribution in [0.3, 0.4) is 0 Å². The Kier molecular flexibility index (Phi) is 6.39. The van der Waals surface area contributed by atoms with Gasteiger partial charge in [-0.15, -0.1) is 0 Å². The summed E-state index contributed by atoms with van der Waals surface area (Å²) in [4.78, 5) is 4.39. The van der Waals surface area contributed by atoms with Gasteiger partial charge in [-0.2, -0.15) is 0 Å². The Morgan fingerprint density at radius 2 is 1.89 bits per heavy atom. The molecular formula is C22H31N2O2P. The molecule has 0 bridgehead atoms. The minimum absolute atomic E-state index is 0.0173. The van der Waals surface area contributed by atoms with Crippen molar-refractivity contribution in [3.05, 3.63) is 54.2 Å². The Labute approximate surface area is 163 Å². The quantitative estimate of drug-likeness (QED) is 0.638. The number of nitrogens with zero attached hydrogens (tertiary/aromatic N) is 1. The van der Waals surface area contributed by atoms with Gasteiger partial charge in [-0.05, 0) is 61.3 Å². The number of benzene rings is 1. The molecule has 1 heterocycles. The third kappa shape index (κ3) is 4.80. The summed E-state index contributed by atoms with van der Waals surface area (Å²) in [7, 11) is -3.31. The van der Waals surface area contributed by atoms with Gasteiger partial charge in [0.1, 0.15) is 5.82 Å². The van der Waals surface area contributed by atoms with Crippen LogP contribution >= 0.6 is 7.52 Å². The normalized spacial score (nSPS) is 25.1. The number of hydrogen-bond donors (Lipinski definition) is 1. The van der Waals surface area contributed by atoms with E-state index in [1.54, 1.807) is 6.20 Å². The molecule has 1 aliphatic carbocycles. The van der Waals surface area contributed by atoms with E-state index in [0.29, 0.717) is 28.9 Å². The van der Waals surface area contributed by atoms with E-state index in [1.165, 1.54) is 6.42 Å². The molecule has 146 valence electrons. The maximum atomic E-state index is 14.1. The van der Waals surface area contributed by atoms with E-state index >= 15 is 0 Å². The second-order valence-corrected chi connectivity index (χ2v) is 10.2. The average molecular weight is 386 g/mol. The van der Waals surface area contributed by atoms with E-state index in [1.807, 2.05) is 49.4 Å². The van der Waals surface area contributed by atoms with Crippen LogP contribution in [0.15, 0.2) is 48.7 Å². The highest BCUT2D eigenvalue weighted by Gasteiger charge is 2.38. The molecule has 3 rings (SSSR count). The maximum Gasteiger partial charge on any atom is 0.325 e. The van der Waals surface area contributed by atoms with Crippen LogP contribution in [-0.2, 0) is 9.09 Å². The molecule has 0 radical (unpaired) electrons. The molecule has 4 nitrogen and oxygen atoms in total. The summed E-state index contributed by atoms with van der Waals surface area (Å²) in [6, 6.07) is 13.3. The van der Waals surface area contributed by atoms with Gasteiger partial charge in [-0.3, -0.25) is 9.65 Å². The largest absolute Gasteiger partial charge is 0.325 e. The second-order valence-electron chi connectivity index (χ2n) is 8.14. The summed E-state index contributed by atoms with van der Waals surface area (Å²) in [5.74, 6) is 2.13. The third-order valence-corrected chi connectivity index (χ3v) is 7.66. The zero-order chi connectivity index (χ0) is 19.4. The van der Waals surface area contributed by atoms with Crippen molar-refractivity contribution in [3.8, 4) is 0 Å². The van der Waals surface area contributed by atoms with E-state index in [-0.39, 0.29) is 6.10 Å². The molecule has 1 fully saturated rings. The molecule has 0 amide bonds. The van der Waals surface area contributed by atoms with Crippen LogP contribution in [0.25, 0.3) is 0 Å². The fourth-order valence-corrected chi connectivity index (χ4v) is 5.95. The predicted octanol–water partition coefficient (Wildman–Crippen LogP) is 5.80. The predicted molar refractivity (Wildman–Crippen MR) is 112 cm³/mol. The van der Waals surface area contributed by atoms with Crippen molar-refractivity contribution in [1.82, 2.24) is 4.98 Å². The molecular weight excluding hydrogens is 355 g/mol. The molecule has 27 heavy (non-hydrogen) atoms. The monoisotopic (exact) mass is 386 g/mol. The second kappa shape index (κ2) is 8.58. The Morgan fingerprint density at radius 1 is 1.15 bits per heavy atom. The number of aryl methyl sites for hydroxylation is 1. The number of rotatable bonds is 6. The number of pyridine rings is 1. The van der Waals surface area contributed by atoms with Crippen molar-refractivity contribution in [1.29, 1.82) is 0 Å². The van der Waals surface area contributed by atoms with Gasteiger partial charge in [0.05, 0.1) is 11.4 Å². The summed E-state index contributed by atoms with van der Waals surface area (Å²) < 4.78 is 20.6. The lowest BCUT2D eigenvalue weighted by Gasteiger charge is -2.39. The molecule has 2 aromatic rings. The molecule has 1 aliphatic rings. The number of aromatic nitrogens is 1. The Morgan fingerprint density at radius 3 is 2.56 bits per heavy atom. The fraction of sp³-hybridized carbons (Fsp3) is 0.500. The van der Waals surface area contributed by atoms with Crippen molar-refractivity contribution in [2.45, 2.75) is 53.1 Å². The Bertz CT molecular complexity index is 794. The minimum atomic E-state index is -3.31. The lowest BCUT2D eigenvalue weighted by atomic mass is 9.75. The first-order valence-corrected chi connectivity index (χ1v) is 11.6. The van der Waals surface area contributed by atoms with Crippen molar-refractivity contribution in [2.75, 3.05) is 5.09 Å². The van der Waals surface area contributed by atoms with Crippen LogP contribution in [0.2, 0.25) is 0 Å². The number of nitrogens with one attached hydrogen (secondary N) is 1. The van der Waals surface area contributed by atoms with E-state index in [0.717, 1.165) is 18.4 Å². The smallest absolute Gasteiger partial charge is 0.306 e.